The topological polar surface area (TPSA) is 27.7 Å². The van der Waals surface area contributed by atoms with Crippen LogP contribution in [0.5, 0.6) is 34.5 Å². The van der Waals surface area contributed by atoms with Crippen LogP contribution in [0.15, 0.2) is 206 Å². The van der Waals surface area contributed by atoms with E-state index in [-0.39, 0.29) is 0 Å². The van der Waals surface area contributed by atoms with Crippen LogP contribution in [0, 0.1) is 0 Å². The second kappa shape index (κ2) is 13.4. The SMILES string of the molecule is c1ccc2cc3cc(Oc4cccc5c(Oc6cccc7cc8ccccc8cc67)c6cccc(Oc7cccc8cc9ccccc9cc78)c6cc45)ccc3cc2c1. The van der Waals surface area contributed by atoms with Crippen LogP contribution in [0.1, 0.15) is 0 Å². The highest BCUT2D eigenvalue weighted by Gasteiger charge is 2.19. The Balaban J connectivity index is 1.05. The maximum Gasteiger partial charge on any atom is 0.143 e. The van der Waals surface area contributed by atoms with Gasteiger partial charge in [-0.05, 0) is 133 Å². The van der Waals surface area contributed by atoms with E-state index in [4.69, 9.17) is 14.2 Å². The van der Waals surface area contributed by atoms with Crippen LogP contribution in [-0.2, 0) is 0 Å². The Hall–Kier alpha value is -7.88. The third-order valence-corrected chi connectivity index (χ3v) is 11.7. The van der Waals surface area contributed by atoms with Gasteiger partial charge in [0, 0.05) is 32.3 Å². The Morgan fingerprint density at radius 2 is 0.593 bits per heavy atom. The van der Waals surface area contributed by atoms with E-state index >= 15 is 0 Å². The summed E-state index contributed by atoms with van der Waals surface area (Å²) < 4.78 is 21.0. The van der Waals surface area contributed by atoms with Crippen LogP contribution in [0.2, 0.25) is 0 Å². The maximum atomic E-state index is 7.18. The lowest BCUT2D eigenvalue weighted by molar-refractivity contribution is 0.486. The summed E-state index contributed by atoms with van der Waals surface area (Å²) in [5.41, 5.74) is 0. The van der Waals surface area contributed by atoms with Crippen LogP contribution >= 0.6 is 0 Å². The molecule has 0 amide bonds. The van der Waals surface area contributed by atoms with Crippen molar-refractivity contribution in [1.29, 1.82) is 0 Å². The molecule has 0 bridgehead atoms. The minimum atomic E-state index is 0.727. The lowest BCUT2D eigenvalue weighted by Crippen LogP contribution is -1.94. The summed E-state index contributed by atoms with van der Waals surface area (Å²) >= 11 is 0. The van der Waals surface area contributed by atoms with Crippen molar-refractivity contribution in [3.05, 3.63) is 206 Å². The predicted molar refractivity (Wildman–Crippen MR) is 246 cm³/mol. The van der Waals surface area contributed by atoms with Crippen molar-refractivity contribution in [3.63, 3.8) is 0 Å². The van der Waals surface area contributed by atoms with E-state index in [0.717, 1.165) is 88.4 Å². The summed E-state index contributed by atoms with van der Waals surface area (Å²) in [4.78, 5) is 0. The van der Waals surface area contributed by atoms with E-state index in [1.165, 1.54) is 32.3 Å². The molecule has 0 radical (unpaired) electrons. The zero-order valence-corrected chi connectivity index (χ0v) is 31.9. The molecule has 0 unspecified atom stereocenters. The fourth-order valence-electron chi connectivity index (χ4n) is 8.75. The van der Waals surface area contributed by atoms with Gasteiger partial charge in [-0.25, -0.2) is 0 Å². The van der Waals surface area contributed by atoms with Crippen LogP contribution in [0.3, 0.4) is 0 Å². The van der Waals surface area contributed by atoms with Gasteiger partial charge in [-0.15, -0.1) is 0 Å². The van der Waals surface area contributed by atoms with Crippen molar-refractivity contribution in [2.45, 2.75) is 0 Å². The van der Waals surface area contributed by atoms with Gasteiger partial charge in [-0.2, -0.15) is 0 Å². The molecule has 0 aliphatic heterocycles. The first-order valence-corrected chi connectivity index (χ1v) is 20.0. The van der Waals surface area contributed by atoms with Crippen LogP contribution in [0.4, 0.5) is 0 Å². The van der Waals surface area contributed by atoms with Crippen LogP contribution in [0.25, 0.3) is 86.2 Å². The smallest absolute Gasteiger partial charge is 0.143 e. The summed E-state index contributed by atoms with van der Waals surface area (Å²) in [7, 11) is 0. The number of ether oxygens (including phenoxy) is 3. The number of benzene rings is 12. The normalized spacial score (nSPS) is 11.7. The van der Waals surface area contributed by atoms with Crippen molar-refractivity contribution in [1.82, 2.24) is 0 Å². The molecule has 276 valence electrons. The van der Waals surface area contributed by atoms with Crippen molar-refractivity contribution in [3.8, 4) is 34.5 Å². The van der Waals surface area contributed by atoms with Gasteiger partial charge in [0.1, 0.15) is 34.5 Å². The average molecular weight is 755 g/mol. The minimum Gasteiger partial charge on any atom is -0.457 e. The Kier molecular flexibility index (Phi) is 7.54. The van der Waals surface area contributed by atoms with Gasteiger partial charge in [0.25, 0.3) is 0 Å². The molecule has 0 aliphatic rings. The summed E-state index contributed by atoms with van der Waals surface area (Å²) in [5, 5.41) is 17.5. The molecule has 0 spiro atoms. The lowest BCUT2D eigenvalue weighted by Gasteiger charge is -2.19. The molecule has 0 heterocycles. The van der Waals surface area contributed by atoms with Crippen molar-refractivity contribution < 1.29 is 14.2 Å². The van der Waals surface area contributed by atoms with E-state index in [9.17, 15) is 0 Å². The Morgan fingerprint density at radius 3 is 1.14 bits per heavy atom. The number of rotatable bonds is 6. The molecule has 0 atom stereocenters. The number of hydrogen-bond acceptors (Lipinski definition) is 3. The molecule has 12 aromatic carbocycles. The molecule has 3 nitrogen and oxygen atoms in total. The second-order valence-corrected chi connectivity index (χ2v) is 15.3. The van der Waals surface area contributed by atoms with Gasteiger partial charge in [-0.1, -0.05) is 127 Å². The van der Waals surface area contributed by atoms with Gasteiger partial charge >= 0.3 is 0 Å². The van der Waals surface area contributed by atoms with E-state index in [0.29, 0.717) is 0 Å². The average Bonchev–Trinajstić information content (AvgIpc) is 3.27. The van der Waals surface area contributed by atoms with E-state index < -0.39 is 0 Å². The van der Waals surface area contributed by atoms with Gasteiger partial charge in [-0.3, -0.25) is 0 Å². The fraction of sp³-hybridized carbons (Fsp3) is 0. The van der Waals surface area contributed by atoms with Crippen molar-refractivity contribution in [2.75, 3.05) is 0 Å². The highest BCUT2D eigenvalue weighted by molar-refractivity contribution is 6.11. The lowest BCUT2D eigenvalue weighted by atomic mass is 10.00. The minimum absolute atomic E-state index is 0.727. The molecule has 3 heteroatoms. The molecular formula is C56H34O3. The standard InChI is InChI=1S/C56H34O3/c1-2-14-38-30-44-31-45(26-25-41(44)27-35(38)11-1)57-54-23-9-19-46-50(54)34-51-47(56(46)59-53-22-8-18-43-29-37-13-4-6-16-40(37)33-49(43)53)20-10-24-55(51)58-52-21-7-17-42-28-36-12-3-5-15-39(36)32-48(42)52/h1-34H. The van der Waals surface area contributed by atoms with E-state index in [1.54, 1.807) is 0 Å². The zero-order chi connectivity index (χ0) is 38.9. The monoisotopic (exact) mass is 754 g/mol. The Morgan fingerprint density at radius 1 is 0.203 bits per heavy atom. The Labute approximate surface area is 339 Å². The van der Waals surface area contributed by atoms with Crippen molar-refractivity contribution in [2.24, 2.45) is 0 Å². The van der Waals surface area contributed by atoms with Crippen LogP contribution in [-0.4, -0.2) is 0 Å². The van der Waals surface area contributed by atoms with Gasteiger partial charge in [0.2, 0.25) is 0 Å². The summed E-state index contributed by atoms with van der Waals surface area (Å²) in [6, 6.07) is 72.2. The molecule has 0 N–H and O–H groups in total. The highest BCUT2D eigenvalue weighted by Crippen LogP contribution is 2.47. The molecule has 0 aromatic heterocycles. The third-order valence-electron chi connectivity index (χ3n) is 11.7. The first-order valence-electron chi connectivity index (χ1n) is 20.0. The van der Waals surface area contributed by atoms with E-state index in [2.05, 4.69) is 170 Å². The maximum absolute atomic E-state index is 7.18. The van der Waals surface area contributed by atoms with Gasteiger partial charge in [0.15, 0.2) is 0 Å². The van der Waals surface area contributed by atoms with E-state index in [1.807, 2.05) is 36.4 Å². The first kappa shape index (κ1) is 33.3. The van der Waals surface area contributed by atoms with Gasteiger partial charge in [0.05, 0.1) is 0 Å². The molecule has 12 aromatic rings. The zero-order valence-electron chi connectivity index (χ0n) is 31.9. The predicted octanol–water partition coefficient (Wildman–Crippen LogP) is 16.3. The molecular weight excluding hydrogens is 721 g/mol. The largest absolute Gasteiger partial charge is 0.457 e. The molecule has 0 fully saturated rings. The first-order chi connectivity index (χ1) is 29.2. The number of hydrogen-bond donors (Lipinski definition) is 0. The van der Waals surface area contributed by atoms with Crippen LogP contribution < -0.4 is 14.2 Å². The molecule has 0 saturated heterocycles. The third kappa shape index (κ3) is 5.75. The summed E-state index contributed by atoms with van der Waals surface area (Å²) in [5.74, 6) is 4.52. The molecule has 0 saturated carbocycles. The molecule has 59 heavy (non-hydrogen) atoms. The second-order valence-electron chi connectivity index (χ2n) is 15.3. The highest BCUT2D eigenvalue weighted by atomic mass is 16.5. The quantitative estimate of drug-likeness (QED) is 0.158. The Bertz CT molecular complexity index is 3660. The molecule has 0 aliphatic carbocycles. The summed E-state index contributed by atoms with van der Waals surface area (Å²) in [6.45, 7) is 0. The molecule has 12 rings (SSSR count). The van der Waals surface area contributed by atoms with Crippen molar-refractivity contribution >= 4 is 86.2 Å². The summed E-state index contributed by atoms with van der Waals surface area (Å²) in [6.07, 6.45) is 0. The van der Waals surface area contributed by atoms with Gasteiger partial charge < -0.3 is 14.2 Å². The number of fused-ring (bicyclic) bond motifs is 8. The fourth-order valence-corrected chi connectivity index (χ4v) is 8.75.